The predicted molar refractivity (Wildman–Crippen MR) is 108 cm³/mol. The maximum atomic E-state index is 12.5. The van der Waals surface area contributed by atoms with Crippen molar-refractivity contribution in [2.75, 3.05) is 33.8 Å². The number of esters is 1. The number of benzene rings is 2. The van der Waals surface area contributed by atoms with Crippen molar-refractivity contribution in [3.05, 3.63) is 40.9 Å². The number of rotatable bonds is 8. The van der Waals surface area contributed by atoms with E-state index in [-0.39, 0.29) is 5.56 Å². The number of carbonyl (C=O) groups excluding carboxylic acids is 2. The third kappa shape index (κ3) is 5.23. The summed E-state index contributed by atoms with van der Waals surface area (Å²) in [5, 5.41) is 3.05. The molecule has 0 heterocycles. The molecule has 0 fully saturated rings. The fourth-order valence-corrected chi connectivity index (χ4v) is 2.67. The second kappa shape index (κ2) is 9.88. The van der Waals surface area contributed by atoms with E-state index >= 15 is 0 Å². The largest absolute Gasteiger partial charge is 0.495 e. The smallest absolute Gasteiger partial charge is 0.339 e. The molecule has 0 aliphatic heterocycles. The highest BCUT2D eigenvalue weighted by atomic mass is 35.5. The highest BCUT2D eigenvalue weighted by Gasteiger charge is 2.23. The van der Waals surface area contributed by atoms with Gasteiger partial charge in [0.1, 0.15) is 5.75 Å². The van der Waals surface area contributed by atoms with Gasteiger partial charge in [0.25, 0.3) is 5.91 Å². The van der Waals surface area contributed by atoms with Crippen LogP contribution < -0.4 is 24.3 Å². The Bertz CT molecular complexity index is 875. The molecule has 0 saturated heterocycles. The van der Waals surface area contributed by atoms with E-state index < -0.39 is 18.0 Å². The van der Waals surface area contributed by atoms with Crippen LogP contribution in [0, 0.1) is 0 Å². The van der Waals surface area contributed by atoms with E-state index in [4.69, 9.17) is 35.3 Å². The predicted octanol–water partition coefficient (Wildman–Crippen LogP) is 3.56. The zero-order valence-corrected chi connectivity index (χ0v) is 17.5. The summed E-state index contributed by atoms with van der Waals surface area (Å²) in [6.45, 7) is 1.45. The first-order valence-electron chi connectivity index (χ1n) is 8.50. The van der Waals surface area contributed by atoms with Gasteiger partial charge < -0.3 is 29.0 Å². The van der Waals surface area contributed by atoms with Crippen LogP contribution in [0.3, 0.4) is 0 Å². The first kappa shape index (κ1) is 22.2. The van der Waals surface area contributed by atoms with Gasteiger partial charge in [-0.1, -0.05) is 11.6 Å². The van der Waals surface area contributed by atoms with Crippen LogP contribution in [0.4, 0.5) is 5.69 Å². The van der Waals surface area contributed by atoms with Gasteiger partial charge in [-0.3, -0.25) is 4.79 Å². The number of anilines is 1. The SMILES string of the molecule is COc1ccc(Cl)cc1NC(=O)C(C)OC(=O)c1cc(OC)c(OC)c(OC)c1. The molecule has 0 saturated carbocycles. The highest BCUT2D eigenvalue weighted by molar-refractivity contribution is 6.31. The first-order valence-corrected chi connectivity index (χ1v) is 8.87. The van der Waals surface area contributed by atoms with Crippen LogP contribution in [0.15, 0.2) is 30.3 Å². The van der Waals surface area contributed by atoms with Gasteiger partial charge in [-0.05, 0) is 37.3 Å². The average molecular weight is 424 g/mol. The Morgan fingerprint density at radius 3 is 2.00 bits per heavy atom. The molecule has 0 aliphatic carbocycles. The van der Waals surface area contributed by atoms with E-state index in [1.54, 1.807) is 12.1 Å². The number of nitrogens with one attached hydrogen (secondary N) is 1. The Kier molecular flexibility index (Phi) is 7.55. The number of ether oxygens (including phenoxy) is 5. The van der Waals surface area contributed by atoms with Crippen molar-refractivity contribution >= 4 is 29.2 Å². The molecule has 2 rings (SSSR count). The number of hydrogen-bond donors (Lipinski definition) is 1. The lowest BCUT2D eigenvalue weighted by molar-refractivity contribution is -0.123. The van der Waals surface area contributed by atoms with Crippen LogP contribution >= 0.6 is 11.6 Å². The van der Waals surface area contributed by atoms with Crippen molar-refractivity contribution in [2.24, 2.45) is 0 Å². The Balaban J connectivity index is 2.16. The molecule has 1 amide bonds. The molecule has 2 aromatic carbocycles. The molecule has 0 aliphatic rings. The van der Waals surface area contributed by atoms with Crippen LogP contribution in [0.1, 0.15) is 17.3 Å². The Morgan fingerprint density at radius 1 is 0.897 bits per heavy atom. The van der Waals surface area contributed by atoms with Gasteiger partial charge in [0.05, 0.1) is 39.7 Å². The molecule has 1 N–H and O–H groups in total. The van der Waals surface area contributed by atoms with Gasteiger partial charge in [-0.15, -0.1) is 0 Å². The van der Waals surface area contributed by atoms with Crippen LogP contribution in [0.25, 0.3) is 0 Å². The minimum absolute atomic E-state index is 0.138. The summed E-state index contributed by atoms with van der Waals surface area (Å²) < 4.78 is 26.1. The second-order valence-corrected chi connectivity index (χ2v) is 6.23. The van der Waals surface area contributed by atoms with Crippen molar-refractivity contribution < 1.29 is 33.3 Å². The normalized spacial score (nSPS) is 11.2. The summed E-state index contributed by atoms with van der Waals surface area (Å²) in [6.07, 6.45) is -1.09. The van der Waals surface area contributed by atoms with Crippen molar-refractivity contribution in [1.29, 1.82) is 0 Å². The Labute approximate surface area is 173 Å². The number of methoxy groups -OCH3 is 4. The van der Waals surface area contributed by atoms with Crippen LogP contribution in [0.2, 0.25) is 5.02 Å². The topological polar surface area (TPSA) is 92.3 Å². The molecule has 1 atom stereocenters. The lowest BCUT2D eigenvalue weighted by Gasteiger charge is -2.17. The molecule has 8 nitrogen and oxygen atoms in total. The second-order valence-electron chi connectivity index (χ2n) is 5.80. The van der Waals surface area contributed by atoms with E-state index in [0.29, 0.717) is 33.7 Å². The third-order valence-electron chi connectivity index (χ3n) is 3.97. The summed E-state index contributed by atoms with van der Waals surface area (Å²) in [5.74, 6) is 0.0618. The summed E-state index contributed by atoms with van der Waals surface area (Å²) >= 11 is 5.96. The van der Waals surface area contributed by atoms with Gasteiger partial charge in [0.2, 0.25) is 5.75 Å². The van der Waals surface area contributed by atoms with E-state index in [1.807, 2.05) is 0 Å². The lowest BCUT2D eigenvalue weighted by atomic mass is 10.2. The lowest BCUT2D eigenvalue weighted by Crippen LogP contribution is -2.30. The molecule has 0 bridgehead atoms. The average Bonchev–Trinajstić information content (AvgIpc) is 2.72. The minimum Gasteiger partial charge on any atom is -0.495 e. The van der Waals surface area contributed by atoms with E-state index in [0.717, 1.165) is 0 Å². The Morgan fingerprint density at radius 2 is 1.48 bits per heavy atom. The maximum Gasteiger partial charge on any atom is 0.339 e. The van der Waals surface area contributed by atoms with Crippen LogP contribution in [0.5, 0.6) is 23.0 Å². The molecule has 2 aromatic rings. The highest BCUT2D eigenvalue weighted by Crippen LogP contribution is 2.38. The summed E-state index contributed by atoms with van der Waals surface area (Å²) in [5.41, 5.74) is 0.500. The number of hydrogen-bond acceptors (Lipinski definition) is 7. The van der Waals surface area contributed by atoms with Crippen molar-refractivity contribution in [3.8, 4) is 23.0 Å². The Hall–Kier alpha value is -3.13. The third-order valence-corrected chi connectivity index (χ3v) is 4.21. The zero-order chi connectivity index (χ0) is 21.6. The summed E-state index contributed by atoms with van der Waals surface area (Å²) in [7, 11) is 5.78. The quantitative estimate of drug-likeness (QED) is 0.649. The van der Waals surface area contributed by atoms with Crippen LogP contribution in [-0.2, 0) is 9.53 Å². The number of amides is 1. The standard InChI is InChI=1S/C20H22ClNO7/c1-11(19(23)22-14-10-13(21)6-7-15(14)25-2)29-20(24)12-8-16(26-3)18(28-5)17(9-12)27-4/h6-11H,1-5H3,(H,22,23). The van der Waals surface area contributed by atoms with Gasteiger partial charge in [-0.25, -0.2) is 4.79 Å². The fourth-order valence-electron chi connectivity index (χ4n) is 2.49. The molecule has 0 spiro atoms. The minimum atomic E-state index is -1.09. The molecule has 0 aromatic heterocycles. The first-order chi connectivity index (χ1) is 13.8. The molecule has 9 heteroatoms. The molecular formula is C20H22ClNO7. The van der Waals surface area contributed by atoms with Gasteiger partial charge >= 0.3 is 5.97 Å². The summed E-state index contributed by atoms with van der Waals surface area (Å²) in [6, 6.07) is 7.66. The number of carbonyl (C=O) groups is 2. The van der Waals surface area contributed by atoms with Gasteiger partial charge in [-0.2, -0.15) is 0 Å². The van der Waals surface area contributed by atoms with Gasteiger partial charge in [0.15, 0.2) is 17.6 Å². The van der Waals surface area contributed by atoms with Crippen molar-refractivity contribution in [2.45, 2.75) is 13.0 Å². The monoisotopic (exact) mass is 423 g/mol. The zero-order valence-electron chi connectivity index (χ0n) is 16.7. The van der Waals surface area contributed by atoms with E-state index in [1.165, 1.54) is 53.6 Å². The van der Waals surface area contributed by atoms with Gasteiger partial charge in [0, 0.05) is 5.02 Å². The molecule has 1 unspecified atom stereocenters. The fraction of sp³-hybridized carbons (Fsp3) is 0.300. The summed E-state index contributed by atoms with van der Waals surface area (Å²) in [4.78, 5) is 25.0. The van der Waals surface area contributed by atoms with Crippen LogP contribution in [-0.4, -0.2) is 46.4 Å². The van der Waals surface area contributed by atoms with Crippen molar-refractivity contribution in [1.82, 2.24) is 0 Å². The van der Waals surface area contributed by atoms with Crippen molar-refractivity contribution in [3.63, 3.8) is 0 Å². The molecule has 156 valence electrons. The molecular weight excluding hydrogens is 402 g/mol. The number of halogens is 1. The van der Waals surface area contributed by atoms with E-state index in [2.05, 4.69) is 5.32 Å². The van der Waals surface area contributed by atoms with E-state index in [9.17, 15) is 9.59 Å². The maximum absolute atomic E-state index is 12.5. The molecule has 0 radical (unpaired) electrons. The molecule has 29 heavy (non-hydrogen) atoms.